The van der Waals surface area contributed by atoms with E-state index in [9.17, 15) is 8.78 Å². The molecule has 0 aliphatic heterocycles. The van der Waals surface area contributed by atoms with Gasteiger partial charge in [-0.15, -0.1) is 0 Å². The highest BCUT2D eigenvalue weighted by Crippen LogP contribution is 2.21. The van der Waals surface area contributed by atoms with Gasteiger partial charge in [0.15, 0.2) is 11.6 Å². The molecule has 3 nitrogen and oxygen atoms in total. The molecule has 0 atom stereocenters. The maximum absolute atomic E-state index is 13.3. The molecule has 0 aliphatic carbocycles. The largest absolute Gasteiger partial charge is 0.482 e. The van der Waals surface area contributed by atoms with Crippen LogP contribution in [0.2, 0.25) is 0 Å². The second-order valence-electron chi connectivity index (χ2n) is 3.41. The Labute approximate surface area is 96.8 Å². The highest BCUT2D eigenvalue weighted by atomic mass is 19.2. The van der Waals surface area contributed by atoms with Crippen molar-refractivity contribution in [1.29, 1.82) is 0 Å². The molecule has 0 unspecified atom stereocenters. The topological polar surface area (TPSA) is 48.4 Å². The molecule has 0 radical (unpaired) electrons. The summed E-state index contributed by atoms with van der Waals surface area (Å²) in [7, 11) is 0. The highest BCUT2D eigenvalue weighted by molar-refractivity contribution is 5.25. The first-order valence-corrected chi connectivity index (χ1v) is 5.04. The summed E-state index contributed by atoms with van der Waals surface area (Å²) in [5.41, 5.74) is 6.25. The van der Waals surface area contributed by atoms with Crippen LogP contribution < -0.4 is 10.5 Å². The fourth-order valence-corrected chi connectivity index (χ4v) is 1.41. The van der Waals surface area contributed by atoms with Crippen LogP contribution in [0.15, 0.2) is 34.9 Å². The molecule has 2 rings (SSSR count). The van der Waals surface area contributed by atoms with Gasteiger partial charge in [0.05, 0.1) is 6.26 Å². The maximum atomic E-state index is 13.3. The molecule has 0 saturated heterocycles. The first-order chi connectivity index (χ1) is 8.22. The van der Waals surface area contributed by atoms with E-state index in [-0.39, 0.29) is 12.4 Å². The van der Waals surface area contributed by atoms with E-state index in [0.29, 0.717) is 12.3 Å². The zero-order valence-corrected chi connectivity index (χ0v) is 8.95. The van der Waals surface area contributed by atoms with Crippen LogP contribution in [0.1, 0.15) is 11.3 Å². The van der Waals surface area contributed by atoms with Crippen LogP contribution in [0, 0.1) is 11.6 Å². The van der Waals surface area contributed by atoms with Gasteiger partial charge in [-0.05, 0) is 18.2 Å². The number of rotatable bonds is 4. The SMILES string of the molecule is NCc1ccoc1COc1cccc(F)c1F. The van der Waals surface area contributed by atoms with Crippen LogP contribution in [0.3, 0.4) is 0 Å². The van der Waals surface area contributed by atoms with Crippen LogP contribution >= 0.6 is 0 Å². The van der Waals surface area contributed by atoms with Gasteiger partial charge in [-0.1, -0.05) is 6.07 Å². The number of nitrogens with two attached hydrogens (primary N) is 1. The molecule has 0 spiro atoms. The fraction of sp³-hybridized carbons (Fsp3) is 0.167. The fourth-order valence-electron chi connectivity index (χ4n) is 1.41. The standard InChI is InChI=1S/C12H11F2NO2/c13-9-2-1-3-10(12(9)14)17-7-11-8(6-15)4-5-16-11/h1-5H,6-7,15H2. The number of benzene rings is 1. The molecule has 0 fully saturated rings. The first-order valence-electron chi connectivity index (χ1n) is 5.04. The number of furan rings is 1. The van der Waals surface area contributed by atoms with Gasteiger partial charge in [0.2, 0.25) is 5.82 Å². The van der Waals surface area contributed by atoms with Gasteiger partial charge in [-0.25, -0.2) is 4.39 Å². The number of halogens is 2. The van der Waals surface area contributed by atoms with E-state index in [1.807, 2.05) is 0 Å². The van der Waals surface area contributed by atoms with Gasteiger partial charge in [-0.3, -0.25) is 0 Å². The Hall–Kier alpha value is -1.88. The van der Waals surface area contributed by atoms with Crippen molar-refractivity contribution in [3.8, 4) is 5.75 Å². The van der Waals surface area contributed by atoms with E-state index in [2.05, 4.69) is 0 Å². The van der Waals surface area contributed by atoms with Gasteiger partial charge in [0, 0.05) is 12.1 Å². The summed E-state index contributed by atoms with van der Waals surface area (Å²) in [5.74, 6) is -1.59. The Morgan fingerprint density at radius 3 is 2.82 bits per heavy atom. The predicted molar refractivity (Wildman–Crippen MR) is 57.3 cm³/mol. The van der Waals surface area contributed by atoms with Crippen molar-refractivity contribution in [3.05, 3.63) is 53.5 Å². The Kier molecular flexibility index (Phi) is 3.39. The average Bonchev–Trinajstić information content (AvgIpc) is 2.78. The summed E-state index contributed by atoms with van der Waals surface area (Å²) in [6.07, 6.45) is 1.48. The first kappa shape index (κ1) is 11.6. The Morgan fingerprint density at radius 2 is 2.06 bits per heavy atom. The lowest BCUT2D eigenvalue weighted by molar-refractivity contribution is 0.253. The minimum atomic E-state index is -1.01. The summed E-state index contributed by atoms with van der Waals surface area (Å²) in [6, 6.07) is 5.46. The minimum Gasteiger partial charge on any atom is -0.482 e. The van der Waals surface area contributed by atoms with Gasteiger partial charge in [-0.2, -0.15) is 4.39 Å². The summed E-state index contributed by atoms with van der Waals surface area (Å²) >= 11 is 0. The molecular formula is C12H11F2NO2. The normalized spacial score (nSPS) is 10.5. The lowest BCUT2D eigenvalue weighted by Crippen LogP contribution is -2.03. The minimum absolute atomic E-state index is 0.0138. The number of hydrogen-bond donors (Lipinski definition) is 1. The van der Waals surface area contributed by atoms with Crippen molar-refractivity contribution >= 4 is 0 Å². The molecule has 2 aromatic rings. The van der Waals surface area contributed by atoms with Crippen molar-refractivity contribution < 1.29 is 17.9 Å². The molecule has 0 aliphatic rings. The lowest BCUT2D eigenvalue weighted by Gasteiger charge is -2.06. The van der Waals surface area contributed by atoms with Crippen molar-refractivity contribution in [2.75, 3.05) is 0 Å². The third-order valence-electron chi connectivity index (χ3n) is 2.33. The molecule has 0 amide bonds. The van der Waals surface area contributed by atoms with Gasteiger partial charge in [0.1, 0.15) is 12.4 Å². The van der Waals surface area contributed by atoms with Crippen molar-refractivity contribution in [2.24, 2.45) is 5.73 Å². The monoisotopic (exact) mass is 239 g/mol. The smallest absolute Gasteiger partial charge is 0.200 e. The Bertz CT molecular complexity index is 511. The predicted octanol–water partition coefficient (Wildman–Crippen LogP) is 2.60. The second-order valence-corrected chi connectivity index (χ2v) is 3.41. The quantitative estimate of drug-likeness (QED) is 0.892. The maximum Gasteiger partial charge on any atom is 0.200 e. The highest BCUT2D eigenvalue weighted by Gasteiger charge is 2.11. The third kappa shape index (κ3) is 2.45. The van der Waals surface area contributed by atoms with E-state index in [0.717, 1.165) is 11.6 Å². The van der Waals surface area contributed by atoms with E-state index in [4.69, 9.17) is 14.9 Å². The Morgan fingerprint density at radius 1 is 1.24 bits per heavy atom. The van der Waals surface area contributed by atoms with Gasteiger partial charge in [0.25, 0.3) is 0 Å². The van der Waals surface area contributed by atoms with Crippen molar-refractivity contribution in [3.63, 3.8) is 0 Å². The molecule has 1 aromatic carbocycles. The second kappa shape index (κ2) is 4.97. The molecule has 0 bridgehead atoms. The van der Waals surface area contributed by atoms with E-state index in [1.165, 1.54) is 18.4 Å². The molecule has 17 heavy (non-hydrogen) atoms. The average molecular weight is 239 g/mol. The van der Waals surface area contributed by atoms with Crippen LogP contribution in [0.5, 0.6) is 5.75 Å². The molecule has 2 N–H and O–H groups in total. The zero-order valence-electron chi connectivity index (χ0n) is 8.95. The molecule has 90 valence electrons. The number of hydrogen-bond acceptors (Lipinski definition) is 3. The van der Waals surface area contributed by atoms with Gasteiger partial charge >= 0.3 is 0 Å². The molecule has 1 aromatic heterocycles. The van der Waals surface area contributed by atoms with Crippen LogP contribution in [0.4, 0.5) is 8.78 Å². The third-order valence-corrected chi connectivity index (χ3v) is 2.33. The van der Waals surface area contributed by atoms with Crippen molar-refractivity contribution in [2.45, 2.75) is 13.2 Å². The molecule has 0 saturated carbocycles. The Balaban J connectivity index is 2.10. The molecule has 5 heteroatoms. The van der Waals surface area contributed by atoms with Gasteiger partial charge < -0.3 is 14.9 Å². The van der Waals surface area contributed by atoms with Crippen LogP contribution in [-0.2, 0) is 13.2 Å². The van der Waals surface area contributed by atoms with E-state index < -0.39 is 11.6 Å². The zero-order chi connectivity index (χ0) is 12.3. The summed E-state index contributed by atoms with van der Waals surface area (Å²) in [5, 5.41) is 0. The van der Waals surface area contributed by atoms with E-state index in [1.54, 1.807) is 6.07 Å². The lowest BCUT2D eigenvalue weighted by atomic mass is 10.2. The number of ether oxygens (including phenoxy) is 1. The molecular weight excluding hydrogens is 228 g/mol. The summed E-state index contributed by atoms with van der Waals surface area (Å²) in [4.78, 5) is 0. The summed E-state index contributed by atoms with van der Waals surface area (Å²) < 4.78 is 36.4. The van der Waals surface area contributed by atoms with Crippen LogP contribution in [-0.4, -0.2) is 0 Å². The molecule has 1 heterocycles. The van der Waals surface area contributed by atoms with Crippen LogP contribution in [0.25, 0.3) is 0 Å². The summed E-state index contributed by atoms with van der Waals surface area (Å²) in [6.45, 7) is 0.320. The van der Waals surface area contributed by atoms with Crippen molar-refractivity contribution in [1.82, 2.24) is 0 Å². The van der Waals surface area contributed by atoms with E-state index >= 15 is 0 Å².